The van der Waals surface area contributed by atoms with E-state index in [2.05, 4.69) is 0 Å². The summed E-state index contributed by atoms with van der Waals surface area (Å²) in [5.74, 6) is 0. The molecule has 1 aromatic carbocycles. The summed E-state index contributed by atoms with van der Waals surface area (Å²) in [6.07, 6.45) is 3.01. The quantitative estimate of drug-likeness (QED) is 0.668. The minimum absolute atomic E-state index is 0.579. The summed E-state index contributed by atoms with van der Waals surface area (Å²) in [4.78, 5) is 0.903. The first-order valence-corrected chi connectivity index (χ1v) is 7.04. The Labute approximate surface area is 115 Å². The normalized spacial score (nSPS) is 19.5. The Hall–Kier alpha value is 0.0700. The van der Waals surface area contributed by atoms with E-state index in [1.54, 1.807) is 0 Å². The molecule has 1 N–H and O–H groups in total. The van der Waals surface area contributed by atoms with Crippen LogP contribution in [0.2, 0.25) is 0 Å². The predicted molar refractivity (Wildman–Crippen MR) is 71.2 cm³/mol. The van der Waals surface area contributed by atoms with Crippen LogP contribution < -0.4 is 0 Å². The molecule has 2 nitrogen and oxygen atoms in total. The van der Waals surface area contributed by atoms with Crippen molar-refractivity contribution in [1.82, 2.24) is 0 Å². The van der Waals surface area contributed by atoms with Crippen LogP contribution in [0.15, 0.2) is 35.2 Å². The van der Waals surface area contributed by atoms with Crippen molar-refractivity contribution in [3.8, 4) is 0 Å². The average molecular weight is 293 g/mol. The third-order valence-electron chi connectivity index (χ3n) is 2.96. The largest absolute Gasteiger partial charge is 0.384 e. The molecule has 1 fully saturated rings. The van der Waals surface area contributed by atoms with Crippen molar-refractivity contribution < 1.29 is 9.29 Å². The van der Waals surface area contributed by atoms with Gasteiger partial charge >= 0.3 is 0 Å². The van der Waals surface area contributed by atoms with Crippen LogP contribution in [0.3, 0.4) is 0 Å². The highest BCUT2D eigenvalue weighted by Crippen LogP contribution is 2.48. The Kier molecular flexibility index (Phi) is 4.26. The molecule has 0 heterocycles. The molecule has 1 saturated carbocycles. The van der Waals surface area contributed by atoms with Crippen molar-refractivity contribution in [1.29, 1.82) is 0 Å². The fourth-order valence-corrected chi connectivity index (χ4v) is 3.10. The van der Waals surface area contributed by atoms with Gasteiger partial charge in [0.2, 0.25) is 0 Å². The molecule has 0 spiro atoms. The first-order chi connectivity index (χ1) is 8.04. The fraction of sp³-hybridized carbons (Fsp3) is 0.500. The van der Waals surface area contributed by atoms with E-state index in [0.29, 0.717) is 12.8 Å². The van der Waals surface area contributed by atoms with E-state index in [1.165, 1.54) is 0 Å². The fourth-order valence-electron chi connectivity index (χ4n) is 1.90. The van der Waals surface area contributed by atoms with Crippen LogP contribution in [0, 0.1) is 0 Å². The summed E-state index contributed by atoms with van der Waals surface area (Å²) in [7, 11) is 0. The van der Waals surface area contributed by atoms with Crippen molar-refractivity contribution in [2.45, 2.75) is 40.7 Å². The van der Waals surface area contributed by atoms with Gasteiger partial charge in [0.1, 0.15) is 5.60 Å². The van der Waals surface area contributed by atoms with Gasteiger partial charge in [0.15, 0.2) is 0 Å². The lowest BCUT2D eigenvalue weighted by atomic mass is 10.0. The molecule has 17 heavy (non-hydrogen) atoms. The lowest BCUT2D eigenvalue weighted by Crippen LogP contribution is -2.44. The first kappa shape index (κ1) is 13.5. The van der Waals surface area contributed by atoms with Crippen molar-refractivity contribution in [3.63, 3.8) is 0 Å². The zero-order valence-corrected chi connectivity index (χ0v) is 11.6. The van der Waals surface area contributed by atoms with Gasteiger partial charge < -0.3 is 5.11 Å². The molecule has 94 valence electrons. The summed E-state index contributed by atoms with van der Waals surface area (Å²) in [6.45, 7) is 0. The van der Waals surface area contributed by atoms with Gasteiger partial charge in [-0.25, -0.2) is 0 Å². The van der Waals surface area contributed by atoms with Crippen LogP contribution >= 0.6 is 35.2 Å². The first-order valence-electron chi connectivity index (χ1n) is 5.54. The number of aliphatic hydroxyl groups is 1. The highest BCUT2D eigenvalue weighted by atomic mass is 35.5. The summed E-state index contributed by atoms with van der Waals surface area (Å²) in [5, 5.41) is 10.3. The number of hydrogen-bond donors (Lipinski definition) is 1. The molecule has 0 bridgehead atoms. The molecule has 0 aromatic heterocycles. The Morgan fingerprint density at radius 3 is 2.35 bits per heavy atom. The maximum Gasteiger partial charge on any atom is 0.258 e. The summed E-state index contributed by atoms with van der Waals surface area (Å²) < 4.78 is 3.83. The monoisotopic (exact) mass is 292 g/mol. The zero-order valence-electron chi connectivity index (χ0n) is 9.23. The van der Waals surface area contributed by atoms with Crippen LogP contribution in [-0.4, -0.2) is 15.2 Å². The van der Waals surface area contributed by atoms with E-state index in [4.69, 9.17) is 27.4 Å². The smallest absolute Gasteiger partial charge is 0.258 e. The van der Waals surface area contributed by atoms with Crippen LogP contribution in [0.5, 0.6) is 0 Å². The van der Waals surface area contributed by atoms with Gasteiger partial charge in [-0.15, -0.1) is 0 Å². The molecule has 0 unspecified atom stereocenters. The molecule has 0 amide bonds. The van der Waals surface area contributed by atoms with E-state index in [-0.39, 0.29) is 0 Å². The predicted octanol–water partition coefficient (Wildman–Crippen LogP) is 4.15. The van der Waals surface area contributed by atoms with Crippen molar-refractivity contribution >= 4 is 35.2 Å². The average Bonchev–Trinajstić information content (AvgIpc) is 2.77. The maximum absolute atomic E-state index is 10.3. The summed E-state index contributed by atoms with van der Waals surface area (Å²) in [5.41, 5.74) is -1.14. The molecule has 1 aliphatic rings. The van der Waals surface area contributed by atoms with E-state index >= 15 is 0 Å². The van der Waals surface area contributed by atoms with E-state index < -0.39 is 10.1 Å². The molecular formula is C12H14Cl2O2S. The minimum Gasteiger partial charge on any atom is -0.384 e. The highest BCUT2D eigenvalue weighted by molar-refractivity contribution is 7.94. The molecule has 1 aromatic rings. The minimum atomic E-state index is -1.57. The van der Waals surface area contributed by atoms with Gasteiger partial charge in [-0.3, -0.25) is 4.18 Å². The highest BCUT2D eigenvalue weighted by Gasteiger charge is 2.51. The number of benzene rings is 1. The zero-order chi connectivity index (χ0) is 12.4. The Bertz CT molecular complexity index is 364. The van der Waals surface area contributed by atoms with Gasteiger partial charge in [0, 0.05) is 16.9 Å². The lowest BCUT2D eigenvalue weighted by molar-refractivity contribution is -0.0330. The Morgan fingerprint density at radius 1 is 1.18 bits per heavy atom. The van der Waals surface area contributed by atoms with E-state index in [1.807, 2.05) is 30.3 Å². The number of alkyl halides is 2. The maximum atomic E-state index is 10.3. The molecule has 0 atom stereocenters. The number of hydrogen-bond acceptors (Lipinski definition) is 3. The van der Waals surface area contributed by atoms with E-state index in [0.717, 1.165) is 29.8 Å². The number of rotatable bonds is 4. The Balaban J connectivity index is 1.98. The Morgan fingerprint density at radius 2 is 1.76 bits per heavy atom. The van der Waals surface area contributed by atoms with E-state index in [9.17, 15) is 5.11 Å². The standard InChI is InChI=1S/C12H14Cl2O2S/c13-12(14,11(15)8-4-5-9-11)16-17-10-6-2-1-3-7-10/h1-3,6-7,15H,4-5,8-9H2. The SMILES string of the molecule is OC1(C(Cl)(Cl)OSc2ccccc2)CCCC1. The molecule has 1 aliphatic carbocycles. The van der Waals surface area contributed by atoms with Crippen LogP contribution in [0.4, 0.5) is 0 Å². The summed E-state index contributed by atoms with van der Waals surface area (Å²) >= 11 is 13.3. The van der Waals surface area contributed by atoms with Gasteiger partial charge in [-0.05, 0) is 25.0 Å². The third-order valence-corrected chi connectivity index (χ3v) is 4.80. The van der Waals surface area contributed by atoms with Crippen molar-refractivity contribution in [3.05, 3.63) is 30.3 Å². The molecule has 0 saturated heterocycles. The van der Waals surface area contributed by atoms with Gasteiger partial charge in [0.05, 0.1) is 0 Å². The van der Waals surface area contributed by atoms with Crippen molar-refractivity contribution in [2.75, 3.05) is 0 Å². The molecule has 0 aliphatic heterocycles. The summed E-state index contributed by atoms with van der Waals surface area (Å²) in [6, 6.07) is 9.52. The molecule has 2 rings (SSSR count). The lowest BCUT2D eigenvalue weighted by Gasteiger charge is -2.34. The molecule has 0 radical (unpaired) electrons. The van der Waals surface area contributed by atoms with Crippen LogP contribution in [-0.2, 0) is 4.18 Å². The van der Waals surface area contributed by atoms with Crippen molar-refractivity contribution in [2.24, 2.45) is 0 Å². The van der Waals surface area contributed by atoms with Gasteiger partial charge in [-0.2, -0.15) is 0 Å². The number of halogens is 2. The second-order valence-electron chi connectivity index (χ2n) is 4.24. The molecule has 5 heteroatoms. The van der Waals surface area contributed by atoms with Gasteiger partial charge in [-0.1, -0.05) is 54.2 Å². The van der Waals surface area contributed by atoms with Crippen LogP contribution in [0.25, 0.3) is 0 Å². The van der Waals surface area contributed by atoms with Crippen LogP contribution in [0.1, 0.15) is 25.7 Å². The molecular weight excluding hydrogens is 279 g/mol. The van der Waals surface area contributed by atoms with Gasteiger partial charge in [0.25, 0.3) is 4.52 Å². The third kappa shape index (κ3) is 3.09. The second-order valence-corrected chi connectivity index (χ2v) is 6.30. The topological polar surface area (TPSA) is 29.5 Å². The second kappa shape index (κ2) is 5.37.